The standard InChI is InChI=1S/C14H21N3O3/c1-4-15-14(19)12-10-11(7-8-16-12)17(2)9-5-6-13(18)20-3/h7-8,10H,4-6,9H2,1-3H3,(H,15,19). The Kier molecular flexibility index (Phi) is 6.49. The van der Waals surface area contributed by atoms with Gasteiger partial charge in [0, 0.05) is 38.4 Å². The molecule has 1 aromatic heterocycles. The maximum atomic E-state index is 11.7. The number of amides is 1. The lowest BCUT2D eigenvalue weighted by atomic mass is 10.2. The van der Waals surface area contributed by atoms with Crippen molar-refractivity contribution in [2.24, 2.45) is 0 Å². The maximum absolute atomic E-state index is 11.7. The van der Waals surface area contributed by atoms with Crippen molar-refractivity contribution in [2.75, 3.05) is 32.1 Å². The van der Waals surface area contributed by atoms with Crippen LogP contribution in [0, 0.1) is 0 Å². The minimum Gasteiger partial charge on any atom is -0.469 e. The lowest BCUT2D eigenvalue weighted by Crippen LogP contribution is -2.25. The molecule has 0 fully saturated rings. The number of carbonyl (C=O) groups excluding carboxylic acids is 2. The Morgan fingerprint density at radius 1 is 1.45 bits per heavy atom. The van der Waals surface area contributed by atoms with E-state index in [-0.39, 0.29) is 11.9 Å². The van der Waals surface area contributed by atoms with E-state index in [1.165, 1.54) is 7.11 Å². The number of esters is 1. The molecule has 0 aliphatic carbocycles. The van der Waals surface area contributed by atoms with Crippen LogP contribution in [0.1, 0.15) is 30.3 Å². The Morgan fingerprint density at radius 3 is 2.85 bits per heavy atom. The van der Waals surface area contributed by atoms with Crippen LogP contribution in [-0.2, 0) is 9.53 Å². The van der Waals surface area contributed by atoms with Gasteiger partial charge >= 0.3 is 5.97 Å². The summed E-state index contributed by atoms with van der Waals surface area (Å²) in [7, 11) is 3.29. The van der Waals surface area contributed by atoms with E-state index < -0.39 is 0 Å². The highest BCUT2D eigenvalue weighted by Gasteiger charge is 2.09. The van der Waals surface area contributed by atoms with Crippen LogP contribution < -0.4 is 10.2 Å². The normalized spacial score (nSPS) is 9.95. The number of hydrogen-bond donors (Lipinski definition) is 1. The zero-order chi connectivity index (χ0) is 15.0. The van der Waals surface area contributed by atoms with Gasteiger partial charge in [-0.1, -0.05) is 0 Å². The average molecular weight is 279 g/mol. The summed E-state index contributed by atoms with van der Waals surface area (Å²) in [5.41, 5.74) is 1.29. The lowest BCUT2D eigenvalue weighted by molar-refractivity contribution is -0.140. The molecule has 0 spiro atoms. The molecule has 0 aliphatic rings. The number of nitrogens with zero attached hydrogens (tertiary/aromatic N) is 2. The largest absolute Gasteiger partial charge is 0.469 e. The first-order valence-electron chi connectivity index (χ1n) is 6.60. The van der Waals surface area contributed by atoms with Gasteiger partial charge in [-0.25, -0.2) is 0 Å². The fourth-order valence-corrected chi connectivity index (χ4v) is 1.72. The third-order valence-electron chi connectivity index (χ3n) is 2.86. The molecule has 0 atom stereocenters. The number of methoxy groups -OCH3 is 1. The minimum atomic E-state index is -0.212. The van der Waals surface area contributed by atoms with Crippen LogP contribution in [0.15, 0.2) is 18.3 Å². The summed E-state index contributed by atoms with van der Waals surface area (Å²) in [6, 6.07) is 3.57. The number of rotatable bonds is 7. The van der Waals surface area contributed by atoms with Crippen LogP contribution in [0.25, 0.3) is 0 Å². The molecule has 0 bridgehead atoms. The third kappa shape index (κ3) is 4.87. The molecule has 0 radical (unpaired) electrons. The molecule has 1 heterocycles. The summed E-state index contributed by atoms with van der Waals surface area (Å²) in [4.78, 5) is 28.8. The van der Waals surface area contributed by atoms with Gasteiger partial charge in [-0.3, -0.25) is 14.6 Å². The van der Waals surface area contributed by atoms with Crippen LogP contribution in [0.4, 0.5) is 5.69 Å². The number of nitrogens with one attached hydrogen (secondary N) is 1. The molecule has 0 aromatic carbocycles. The second-order valence-corrected chi connectivity index (χ2v) is 4.36. The van der Waals surface area contributed by atoms with E-state index in [2.05, 4.69) is 15.0 Å². The molecule has 1 amide bonds. The monoisotopic (exact) mass is 279 g/mol. The fourth-order valence-electron chi connectivity index (χ4n) is 1.72. The van der Waals surface area contributed by atoms with Gasteiger partial charge in [0.05, 0.1) is 7.11 Å². The van der Waals surface area contributed by atoms with E-state index in [1.807, 2.05) is 24.9 Å². The van der Waals surface area contributed by atoms with Gasteiger partial charge in [-0.05, 0) is 25.5 Å². The Hall–Kier alpha value is -2.11. The van der Waals surface area contributed by atoms with Crippen molar-refractivity contribution in [3.05, 3.63) is 24.0 Å². The smallest absolute Gasteiger partial charge is 0.305 e. The van der Waals surface area contributed by atoms with E-state index in [9.17, 15) is 9.59 Å². The van der Waals surface area contributed by atoms with Gasteiger partial charge in [0.1, 0.15) is 5.69 Å². The zero-order valence-electron chi connectivity index (χ0n) is 12.2. The molecule has 110 valence electrons. The molecule has 0 unspecified atom stereocenters. The third-order valence-corrected chi connectivity index (χ3v) is 2.86. The molecule has 0 saturated carbocycles. The number of anilines is 1. The first-order valence-corrected chi connectivity index (χ1v) is 6.60. The second kappa shape index (κ2) is 8.14. The lowest BCUT2D eigenvalue weighted by Gasteiger charge is -2.19. The van der Waals surface area contributed by atoms with Gasteiger partial charge < -0.3 is 15.0 Å². The van der Waals surface area contributed by atoms with E-state index >= 15 is 0 Å². The van der Waals surface area contributed by atoms with Gasteiger partial charge in [-0.2, -0.15) is 0 Å². The number of hydrogen-bond acceptors (Lipinski definition) is 5. The predicted octanol–water partition coefficient (Wildman–Crippen LogP) is 1.22. The number of pyridine rings is 1. The van der Waals surface area contributed by atoms with Crippen LogP contribution >= 0.6 is 0 Å². The van der Waals surface area contributed by atoms with Gasteiger partial charge in [0.25, 0.3) is 5.91 Å². The topological polar surface area (TPSA) is 71.5 Å². The van der Waals surface area contributed by atoms with Gasteiger partial charge in [-0.15, -0.1) is 0 Å². The summed E-state index contributed by atoms with van der Waals surface area (Å²) >= 11 is 0. The molecule has 6 nitrogen and oxygen atoms in total. The van der Waals surface area contributed by atoms with Crippen LogP contribution in [0.2, 0.25) is 0 Å². The molecule has 1 rings (SSSR count). The van der Waals surface area contributed by atoms with Crippen molar-refractivity contribution in [3.8, 4) is 0 Å². The summed E-state index contributed by atoms with van der Waals surface area (Å²) in [6.45, 7) is 3.13. The first kappa shape index (κ1) is 15.9. The molecule has 0 aliphatic heterocycles. The Bertz CT molecular complexity index is 463. The summed E-state index contributed by atoms with van der Waals surface area (Å²) < 4.78 is 4.59. The van der Waals surface area contributed by atoms with E-state index in [1.54, 1.807) is 12.3 Å². The molecule has 20 heavy (non-hydrogen) atoms. The van der Waals surface area contributed by atoms with Crippen LogP contribution in [0.5, 0.6) is 0 Å². The van der Waals surface area contributed by atoms with Crippen LogP contribution in [0.3, 0.4) is 0 Å². The van der Waals surface area contributed by atoms with Gasteiger partial charge in [0.2, 0.25) is 0 Å². The Labute approximate surface area is 119 Å². The highest BCUT2D eigenvalue weighted by Crippen LogP contribution is 2.13. The van der Waals surface area contributed by atoms with E-state index in [0.29, 0.717) is 31.6 Å². The van der Waals surface area contributed by atoms with Crippen molar-refractivity contribution in [3.63, 3.8) is 0 Å². The predicted molar refractivity (Wildman–Crippen MR) is 76.8 cm³/mol. The SMILES string of the molecule is CCNC(=O)c1cc(N(C)CCCC(=O)OC)ccn1. The highest BCUT2D eigenvalue weighted by atomic mass is 16.5. The van der Waals surface area contributed by atoms with Crippen molar-refractivity contribution in [1.29, 1.82) is 0 Å². The van der Waals surface area contributed by atoms with E-state index in [4.69, 9.17) is 0 Å². The molecule has 1 aromatic rings. The highest BCUT2D eigenvalue weighted by molar-refractivity contribution is 5.93. The number of carbonyl (C=O) groups is 2. The second-order valence-electron chi connectivity index (χ2n) is 4.36. The number of ether oxygens (including phenoxy) is 1. The van der Waals surface area contributed by atoms with Crippen molar-refractivity contribution < 1.29 is 14.3 Å². The van der Waals surface area contributed by atoms with Crippen molar-refractivity contribution in [2.45, 2.75) is 19.8 Å². The fraction of sp³-hybridized carbons (Fsp3) is 0.500. The molecular formula is C14H21N3O3. The molecular weight excluding hydrogens is 258 g/mol. The summed E-state index contributed by atoms with van der Waals surface area (Å²) in [6.07, 6.45) is 2.69. The van der Waals surface area contributed by atoms with Crippen molar-refractivity contribution >= 4 is 17.6 Å². The maximum Gasteiger partial charge on any atom is 0.305 e. The first-order chi connectivity index (χ1) is 9.58. The van der Waals surface area contributed by atoms with Crippen molar-refractivity contribution in [1.82, 2.24) is 10.3 Å². The minimum absolute atomic E-state index is 0.183. The zero-order valence-corrected chi connectivity index (χ0v) is 12.2. The number of aromatic nitrogens is 1. The van der Waals surface area contributed by atoms with Gasteiger partial charge in [0.15, 0.2) is 0 Å². The Morgan fingerprint density at radius 2 is 2.20 bits per heavy atom. The molecule has 0 saturated heterocycles. The summed E-state index contributed by atoms with van der Waals surface area (Å²) in [5.74, 6) is -0.395. The quantitative estimate of drug-likeness (QED) is 0.760. The molecule has 6 heteroatoms. The van der Waals surface area contributed by atoms with Crippen LogP contribution in [-0.4, -0.2) is 44.1 Å². The van der Waals surface area contributed by atoms with E-state index in [0.717, 1.165) is 5.69 Å². The average Bonchev–Trinajstić information content (AvgIpc) is 2.47. The summed E-state index contributed by atoms with van der Waals surface area (Å²) in [5, 5.41) is 2.71. The Balaban J connectivity index is 2.59. The molecule has 1 N–H and O–H groups in total.